The minimum Gasteiger partial charge on any atom is -0.790 e. The first-order valence-corrected chi connectivity index (χ1v) is 5.49. The molecule has 4 N–H and O–H groups in total. The van der Waals surface area contributed by atoms with Crippen LogP contribution in [-0.4, -0.2) is 57.7 Å². The summed E-state index contributed by atoms with van der Waals surface area (Å²) in [6.07, 6.45) is -5.93. The van der Waals surface area contributed by atoms with Crippen molar-refractivity contribution in [3.63, 3.8) is 0 Å². The number of phosphoric ester groups is 1. The zero-order valence-corrected chi connectivity index (χ0v) is 14.8. The summed E-state index contributed by atoms with van der Waals surface area (Å²) in [6, 6.07) is 0. The number of aliphatic hydroxyl groups excluding tert-OH is 4. The van der Waals surface area contributed by atoms with E-state index in [-0.39, 0.29) is 59.1 Å². The Morgan fingerprint density at radius 3 is 2.00 bits per heavy atom. The van der Waals surface area contributed by atoms with Gasteiger partial charge in [0, 0.05) is 0 Å². The molecule has 0 aliphatic carbocycles. The van der Waals surface area contributed by atoms with Crippen LogP contribution in [0.2, 0.25) is 0 Å². The van der Waals surface area contributed by atoms with Gasteiger partial charge in [-0.2, -0.15) is 0 Å². The van der Waals surface area contributed by atoms with Crippen LogP contribution in [0.25, 0.3) is 0 Å². The molecule has 3 atom stereocenters. The second-order valence-electron chi connectivity index (χ2n) is 2.87. The third kappa shape index (κ3) is 10.4. The molecule has 0 aromatic rings. The minimum atomic E-state index is -5.35. The Kier molecular flexibility index (Phi) is 15.5. The fourth-order valence-electron chi connectivity index (χ4n) is 0.737. The van der Waals surface area contributed by atoms with Crippen LogP contribution in [0.15, 0.2) is 0 Å². The third-order valence-electron chi connectivity index (χ3n) is 1.60. The summed E-state index contributed by atoms with van der Waals surface area (Å²) in [7, 11) is -5.35. The average molecular weight is 310 g/mol. The van der Waals surface area contributed by atoms with Crippen molar-refractivity contribution in [2.45, 2.75) is 18.3 Å². The minimum absolute atomic E-state index is 0. The standard InChI is InChI=1S/C6H13O9P.2Na/c7-1-3(8)5(10)6(11)4(9)2-15-16(12,13)14;;/h3,5-8,10-11H,1-2H2,(H2,12,13,14);;/q;2*+1/p-2/t3-,5-,6-;;/m1../s1/i1+1,2+1,3+1,4+1,5+1,6+1;;. The topological polar surface area (TPSA) is 170 Å². The second-order valence-corrected chi connectivity index (χ2v) is 4.02. The van der Waals surface area contributed by atoms with Crippen molar-refractivity contribution in [1.29, 1.82) is 0 Å². The van der Waals surface area contributed by atoms with E-state index < -0.39 is 45.1 Å². The van der Waals surface area contributed by atoms with E-state index in [9.17, 15) is 19.1 Å². The normalized spacial score (nSPS) is 15.9. The van der Waals surface area contributed by atoms with Crippen molar-refractivity contribution in [1.82, 2.24) is 0 Å². The number of Topliss-reactive ketones (excluding diaryl/α,β-unsaturated/α-hetero) is 1. The first-order valence-electron chi connectivity index (χ1n) is 4.03. The molecule has 0 aromatic heterocycles. The Morgan fingerprint density at radius 1 is 1.22 bits per heavy atom. The maximum atomic E-state index is 10.9. The van der Waals surface area contributed by atoms with Crippen LogP contribution in [0.3, 0.4) is 0 Å². The summed E-state index contributed by atoms with van der Waals surface area (Å²) in [6.45, 7) is -2.16. The van der Waals surface area contributed by atoms with E-state index >= 15 is 0 Å². The number of rotatable bonds is 7. The quantitative estimate of drug-likeness (QED) is 0.202. The van der Waals surface area contributed by atoms with E-state index in [1.165, 1.54) is 0 Å². The molecule has 0 heterocycles. The van der Waals surface area contributed by atoms with Crippen molar-refractivity contribution < 1.29 is 103 Å². The van der Waals surface area contributed by atoms with Crippen LogP contribution in [0.4, 0.5) is 0 Å². The first kappa shape index (κ1) is 24.6. The van der Waals surface area contributed by atoms with E-state index in [2.05, 4.69) is 4.52 Å². The molecule has 0 unspecified atom stereocenters. The molecule has 0 aromatic carbocycles. The van der Waals surface area contributed by atoms with E-state index in [1.54, 1.807) is 0 Å². The summed E-state index contributed by atoms with van der Waals surface area (Å²) >= 11 is 0. The Labute approximate surface area is 147 Å². The molecular weight excluding hydrogens is 299 g/mol. The smallest absolute Gasteiger partial charge is 0.790 e. The fourth-order valence-corrected chi connectivity index (χ4v) is 1.02. The molecule has 0 amide bonds. The number of carbonyl (C=O) groups is 1. The number of carbonyl (C=O) groups excluding carboxylic acids is 1. The SMILES string of the molecule is O=[13C]([13CH2]OP(=O)([O-])[O-])[13C@@H](O)[13C@H](O)[13C@H](O)[13CH2]O.[Na+].[Na+]. The second kappa shape index (κ2) is 11.3. The number of hydrogen-bond donors (Lipinski definition) is 4. The molecule has 0 aliphatic heterocycles. The van der Waals surface area contributed by atoms with Crippen molar-refractivity contribution in [2.24, 2.45) is 0 Å². The van der Waals surface area contributed by atoms with E-state index in [1.807, 2.05) is 0 Å². The van der Waals surface area contributed by atoms with Crippen LogP contribution < -0.4 is 68.9 Å². The van der Waals surface area contributed by atoms with Crippen molar-refractivity contribution >= 4 is 13.6 Å². The van der Waals surface area contributed by atoms with Gasteiger partial charge in [-0.3, -0.25) is 4.79 Å². The molecule has 18 heavy (non-hydrogen) atoms. The van der Waals surface area contributed by atoms with Crippen LogP contribution in [0.1, 0.15) is 0 Å². The Hall–Kier alpha value is 1.62. The molecule has 0 radical (unpaired) electrons. The van der Waals surface area contributed by atoms with Gasteiger partial charge in [0.05, 0.1) is 14.4 Å². The summed E-state index contributed by atoms with van der Waals surface area (Å²) in [4.78, 5) is 30.9. The van der Waals surface area contributed by atoms with Crippen LogP contribution in [-0.2, 0) is 13.9 Å². The van der Waals surface area contributed by atoms with Gasteiger partial charge in [-0.1, -0.05) is 0 Å². The van der Waals surface area contributed by atoms with Gasteiger partial charge >= 0.3 is 59.1 Å². The molecule has 96 valence electrons. The molecule has 0 bridgehead atoms. The van der Waals surface area contributed by atoms with Gasteiger partial charge < -0.3 is 39.3 Å². The maximum absolute atomic E-state index is 10.9. The number of ketones is 1. The summed E-state index contributed by atoms with van der Waals surface area (Å²) in [5, 5.41) is 35.3. The van der Waals surface area contributed by atoms with E-state index in [0.29, 0.717) is 0 Å². The zero-order valence-electron chi connectivity index (χ0n) is 9.92. The Morgan fingerprint density at radius 2 is 1.67 bits per heavy atom. The zero-order chi connectivity index (χ0) is 12.9. The number of hydrogen-bond acceptors (Lipinski definition) is 9. The summed E-state index contributed by atoms with van der Waals surface area (Å²) < 4.78 is 13.5. The van der Waals surface area contributed by atoms with Crippen LogP contribution >= 0.6 is 7.82 Å². The van der Waals surface area contributed by atoms with Gasteiger partial charge in [-0.15, -0.1) is 0 Å². The molecule has 0 saturated heterocycles. The predicted octanol–water partition coefficient (Wildman–Crippen LogP) is -10.5. The van der Waals surface area contributed by atoms with Crippen LogP contribution in [0.5, 0.6) is 0 Å². The Bertz CT molecular complexity index is 282. The van der Waals surface area contributed by atoms with Gasteiger partial charge in [0.1, 0.15) is 24.9 Å². The molecule has 12 heteroatoms. The summed E-state index contributed by atoms with van der Waals surface area (Å²) in [5.41, 5.74) is 0. The van der Waals surface area contributed by atoms with Gasteiger partial charge in [0.15, 0.2) is 5.78 Å². The first-order chi connectivity index (χ1) is 7.19. The Balaban J connectivity index is -0.00000112. The van der Waals surface area contributed by atoms with E-state index in [4.69, 9.17) is 20.4 Å². The maximum Gasteiger partial charge on any atom is 1.00 e. The largest absolute Gasteiger partial charge is 1.00 e. The van der Waals surface area contributed by atoms with Gasteiger partial charge in [-0.25, -0.2) is 0 Å². The summed E-state index contributed by atoms with van der Waals surface area (Å²) in [5.74, 6) is -1.31. The van der Waals surface area contributed by atoms with E-state index in [0.717, 1.165) is 0 Å². The monoisotopic (exact) mass is 310 g/mol. The van der Waals surface area contributed by atoms with Gasteiger partial charge in [-0.05, 0) is 0 Å². The molecule has 0 aliphatic rings. The van der Waals surface area contributed by atoms with Crippen LogP contribution in [0, 0.1) is 0 Å². The van der Waals surface area contributed by atoms with Crippen molar-refractivity contribution in [3.05, 3.63) is 0 Å². The van der Waals surface area contributed by atoms with Crippen molar-refractivity contribution in [2.75, 3.05) is 13.2 Å². The fraction of sp³-hybridized carbons (Fsp3) is 0.833. The molecule has 0 rings (SSSR count). The third-order valence-corrected chi connectivity index (χ3v) is 2.04. The molecule has 0 spiro atoms. The molecular formula is C6H11Na2O9P. The van der Waals surface area contributed by atoms with Crippen molar-refractivity contribution in [3.8, 4) is 0 Å². The molecule has 0 fully saturated rings. The van der Waals surface area contributed by atoms with Gasteiger partial charge in [0.2, 0.25) is 0 Å². The predicted molar refractivity (Wildman–Crippen MR) is 43.7 cm³/mol. The van der Waals surface area contributed by atoms with Gasteiger partial charge in [0.25, 0.3) is 0 Å². The molecule has 0 saturated carbocycles. The molecule has 9 nitrogen and oxygen atoms in total. The number of aliphatic hydroxyl groups is 4. The number of phosphoric acid groups is 1. The average Bonchev–Trinajstić information content (AvgIpc) is 2.21.